The van der Waals surface area contributed by atoms with Gasteiger partial charge >= 0.3 is 0 Å². The summed E-state index contributed by atoms with van der Waals surface area (Å²) in [4.78, 5) is 0. The van der Waals surface area contributed by atoms with Crippen molar-refractivity contribution in [2.24, 2.45) is 0 Å². The summed E-state index contributed by atoms with van der Waals surface area (Å²) in [5.41, 5.74) is 0. The van der Waals surface area contributed by atoms with Crippen LogP contribution in [0.5, 0.6) is 0 Å². The van der Waals surface area contributed by atoms with E-state index in [0.717, 1.165) is 0 Å². The number of hydrogen-bond acceptors (Lipinski definition) is 1. The molecule has 0 saturated heterocycles. The molecule has 0 rings (SSSR count). The zero-order valence-electron chi connectivity index (χ0n) is 11.0. The Morgan fingerprint density at radius 3 is 1.33 bits per heavy atom. The Morgan fingerprint density at radius 1 is 0.533 bits per heavy atom. The molecule has 0 amide bonds. The summed E-state index contributed by atoms with van der Waals surface area (Å²) in [6.07, 6.45) is 13.9. The van der Waals surface area contributed by atoms with E-state index in [9.17, 15) is 0 Å². The van der Waals surface area contributed by atoms with Crippen molar-refractivity contribution in [1.29, 1.82) is 0 Å². The predicted octanol–water partition coefficient (Wildman–Crippen LogP) is 4.52. The Bertz CT molecular complexity index is 89.5. The summed E-state index contributed by atoms with van der Waals surface area (Å²) < 4.78 is 0. The lowest BCUT2D eigenvalue weighted by Gasteiger charge is -2.04. The van der Waals surface area contributed by atoms with Crippen molar-refractivity contribution in [3.8, 4) is 0 Å². The molecule has 0 aromatic rings. The van der Waals surface area contributed by atoms with Crippen molar-refractivity contribution in [2.45, 2.75) is 78.1 Å². The van der Waals surface area contributed by atoms with E-state index in [-0.39, 0.29) is 0 Å². The Balaban J connectivity index is 2.81. The van der Waals surface area contributed by atoms with Crippen molar-refractivity contribution < 1.29 is 0 Å². The molecule has 92 valence electrons. The molecule has 0 unspecified atom stereocenters. The van der Waals surface area contributed by atoms with Crippen molar-refractivity contribution >= 4 is 0 Å². The van der Waals surface area contributed by atoms with E-state index in [4.69, 9.17) is 0 Å². The SMILES string of the molecule is CCCCCCCNCCCCCCC. The van der Waals surface area contributed by atoms with Gasteiger partial charge in [0.1, 0.15) is 0 Å². The molecule has 0 aliphatic heterocycles. The lowest BCUT2D eigenvalue weighted by Crippen LogP contribution is -2.16. The summed E-state index contributed by atoms with van der Waals surface area (Å²) >= 11 is 0. The molecule has 0 saturated carbocycles. The first-order chi connectivity index (χ1) is 7.41. The van der Waals surface area contributed by atoms with Crippen LogP contribution in [0.2, 0.25) is 0 Å². The van der Waals surface area contributed by atoms with Crippen molar-refractivity contribution in [1.82, 2.24) is 5.32 Å². The summed E-state index contributed by atoms with van der Waals surface area (Å²) in [5, 5.41) is 3.54. The minimum atomic E-state index is 1.23. The normalized spacial score (nSPS) is 10.8. The third kappa shape index (κ3) is 14.0. The fourth-order valence-electron chi connectivity index (χ4n) is 1.83. The van der Waals surface area contributed by atoms with E-state index in [1.807, 2.05) is 0 Å². The maximum absolute atomic E-state index is 3.54. The third-order valence-corrected chi connectivity index (χ3v) is 2.91. The van der Waals surface area contributed by atoms with Gasteiger partial charge in [0, 0.05) is 0 Å². The van der Waals surface area contributed by atoms with E-state index in [1.165, 1.54) is 77.3 Å². The number of nitrogens with one attached hydrogen (secondary N) is 1. The van der Waals surface area contributed by atoms with Crippen LogP contribution in [-0.2, 0) is 0 Å². The molecule has 1 heteroatoms. The Kier molecular flexibility index (Phi) is 13.9. The van der Waals surface area contributed by atoms with E-state index >= 15 is 0 Å². The van der Waals surface area contributed by atoms with E-state index in [2.05, 4.69) is 19.2 Å². The van der Waals surface area contributed by atoms with Crippen molar-refractivity contribution in [3.05, 3.63) is 0 Å². The molecule has 0 spiro atoms. The highest BCUT2D eigenvalue weighted by atomic mass is 14.8. The largest absolute Gasteiger partial charge is 0.317 e. The second-order valence-electron chi connectivity index (χ2n) is 4.58. The number of rotatable bonds is 12. The summed E-state index contributed by atoms with van der Waals surface area (Å²) in [5.74, 6) is 0. The third-order valence-electron chi connectivity index (χ3n) is 2.91. The van der Waals surface area contributed by atoms with Crippen LogP contribution in [-0.4, -0.2) is 13.1 Å². The molecule has 1 nitrogen and oxygen atoms in total. The molecule has 0 aromatic carbocycles. The van der Waals surface area contributed by atoms with Gasteiger partial charge in [-0.2, -0.15) is 0 Å². The van der Waals surface area contributed by atoms with Crippen molar-refractivity contribution in [3.63, 3.8) is 0 Å². The molecule has 0 aromatic heterocycles. The minimum Gasteiger partial charge on any atom is -0.317 e. The van der Waals surface area contributed by atoms with Crippen molar-refractivity contribution in [2.75, 3.05) is 13.1 Å². The zero-order chi connectivity index (χ0) is 11.2. The smallest absolute Gasteiger partial charge is 0.00489 e. The van der Waals surface area contributed by atoms with Crippen LogP contribution in [0, 0.1) is 0 Å². The van der Waals surface area contributed by atoms with E-state index in [0.29, 0.717) is 0 Å². The molecular formula is C14H31N. The predicted molar refractivity (Wildman–Crippen MR) is 70.4 cm³/mol. The number of hydrogen-bond donors (Lipinski definition) is 1. The lowest BCUT2D eigenvalue weighted by molar-refractivity contribution is 0.552. The molecule has 0 atom stereocenters. The second kappa shape index (κ2) is 14.0. The fraction of sp³-hybridized carbons (Fsp3) is 1.00. The first kappa shape index (κ1) is 15.0. The Hall–Kier alpha value is -0.0400. The number of unbranched alkanes of at least 4 members (excludes halogenated alkanes) is 8. The molecular weight excluding hydrogens is 182 g/mol. The van der Waals surface area contributed by atoms with Crippen LogP contribution in [0.4, 0.5) is 0 Å². The molecule has 0 aliphatic rings. The van der Waals surface area contributed by atoms with Crippen LogP contribution in [0.15, 0.2) is 0 Å². The minimum absolute atomic E-state index is 1.23. The monoisotopic (exact) mass is 213 g/mol. The van der Waals surface area contributed by atoms with Crippen LogP contribution in [0.3, 0.4) is 0 Å². The maximum Gasteiger partial charge on any atom is -0.00489 e. The zero-order valence-corrected chi connectivity index (χ0v) is 11.0. The maximum atomic E-state index is 3.54. The van der Waals surface area contributed by atoms with E-state index < -0.39 is 0 Å². The van der Waals surface area contributed by atoms with Gasteiger partial charge in [0.15, 0.2) is 0 Å². The van der Waals surface area contributed by atoms with Gasteiger partial charge in [0.2, 0.25) is 0 Å². The second-order valence-corrected chi connectivity index (χ2v) is 4.58. The highest BCUT2D eigenvalue weighted by Gasteiger charge is 1.90. The lowest BCUT2D eigenvalue weighted by atomic mass is 10.1. The van der Waals surface area contributed by atoms with Crippen LogP contribution in [0.25, 0.3) is 0 Å². The molecule has 15 heavy (non-hydrogen) atoms. The highest BCUT2D eigenvalue weighted by molar-refractivity contribution is 4.50. The standard InChI is InChI=1S/C14H31N/c1-3-5-7-9-11-13-15-14-12-10-8-6-4-2/h15H,3-14H2,1-2H3. The van der Waals surface area contributed by atoms with Gasteiger partial charge < -0.3 is 5.32 Å². The van der Waals surface area contributed by atoms with E-state index in [1.54, 1.807) is 0 Å². The van der Waals surface area contributed by atoms with Gasteiger partial charge in [-0.05, 0) is 25.9 Å². The quantitative estimate of drug-likeness (QED) is 0.470. The van der Waals surface area contributed by atoms with Gasteiger partial charge in [-0.25, -0.2) is 0 Å². The molecule has 1 N–H and O–H groups in total. The van der Waals surface area contributed by atoms with Gasteiger partial charge in [0.25, 0.3) is 0 Å². The van der Waals surface area contributed by atoms with Crippen LogP contribution >= 0.6 is 0 Å². The Labute approximate surface area is 97.0 Å². The first-order valence-corrected chi connectivity index (χ1v) is 7.12. The van der Waals surface area contributed by atoms with Gasteiger partial charge in [0.05, 0.1) is 0 Å². The molecule has 0 bridgehead atoms. The average molecular weight is 213 g/mol. The molecule has 0 heterocycles. The van der Waals surface area contributed by atoms with Gasteiger partial charge in [-0.3, -0.25) is 0 Å². The average Bonchev–Trinajstić information content (AvgIpc) is 2.26. The summed E-state index contributed by atoms with van der Waals surface area (Å²) in [6, 6.07) is 0. The van der Waals surface area contributed by atoms with Gasteiger partial charge in [-0.15, -0.1) is 0 Å². The highest BCUT2D eigenvalue weighted by Crippen LogP contribution is 2.02. The summed E-state index contributed by atoms with van der Waals surface area (Å²) in [6.45, 7) is 7.01. The topological polar surface area (TPSA) is 12.0 Å². The molecule has 0 radical (unpaired) electrons. The summed E-state index contributed by atoms with van der Waals surface area (Å²) in [7, 11) is 0. The molecule has 0 aliphatic carbocycles. The first-order valence-electron chi connectivity index (χ1n) is 7.12. The Morgan fingerprint density at radius 2 is 0.933 bits per heavy atom. The van der Waals surface area contributed by atoms with Crippen LogP contribution in [0.1, 0.15) is 78.1 Å². The fourth-order valence-corrected chi connectivity index (χ4v) is 1.83. The van der Waals surface area contributed by atoms with Crippen LogP contribution < -0.4 is 5.32 Å². The van der Waals surface area contributed by atoms with Gasteiger partial charge in [-0.1, -0.05) is 65.2 Å². The molecule has 0 fully saturated rings.